The number of benzene rings is 1. The monoisotopic (exact) mass is 354 g/mol. The fraction of sp³-hybridized carbons (Fsp3) is 0.421. The molecule has 1 aromatic carbocycles. The minimum atomic E-state index is -0.118. The second kappa shape index (κ2) is 6.67. The molecule has 0 saturated heterocycles. The lowest BCUT2D eigenvalue weighted by Gasteiger charge is -2.38. The second-order valence-electron chi connectivity index (χ2n) is 6.63. The summed E-state index contributed by atoms with van der Waals surface area (Å²) in [7, 11) is 0. The molecule has 1 N–H and O–H groups in total. The van der Waals surface area contributed by atoms with Crippen LogP contribution in [0.4, 0.5) is 0 Å². The quantitative estimate of drug-likeness (QED) is 0.826. The van der Waals surface area contributed by atoms with Crippen molar-refractivity contribution in [2.75, 3.05) is 5.75 Å². The number of allylic oxidation sites excluding steroid dienone is 2. The number of fused-ring (bicyclic) bond motifs is 2. The van der Waals surface area contributed by atoms with E-state index in [0.29, 0.717) is 16.8 Å². The standard InChI is InChI=1S/C19H22N4OS/c1-3-25-19-21-18(24)16-14-6-4-5-7-15(14)20-17(23(16)22-19)13-10-8-12(2)9-11-13/h4-8,13,17H,3,9-11H2,1-2H3,(H,21,22,24). The zero-order chi connectivity index (χ0) is 17.4. The van der Waals surface area contributed by atoms with Gasteiger partial charge in [-0.1, -0.05) is 48.5 Å². The number of hydrazone groups is 1. The van der Waals surface area contributed by atoms with Crippen molar-refractivity contribution < 1.29 is 4.79 Å². The van der Waals surface area contributed by atoms with Crippen LogP contribution in [0.3, 0.4) is 0 Å². The van der Waals surface area contributed by atoms with Gasteiger partial charge in [-0.15, -0.1) is 5.10 Å². The van der Waals surface area contributed by atoms with E-state index in [1.54, 1.807) is 11.8 Å². The molecule has 6 heteroatoms. The number of rotatable bonds is 2. The van der Waals surface area contributed by atoms with Crippen molar-refractivity contribution in [2.24, 2.45) is 16.0 Å². The van der Waals surface area contributed by atoms with Gasteiger partial charge in [-0.05, 0) is 38.0 Å². The van der Waals surface area contributed by atoms with Gasteiger partial charge in [0.25, 0.3) is 5.91 Å². The van der Waals surface area contributed by atoms with Crippen LogP contribution in [0.1, 0.15) is 33.1 Å². The minimum Gasteiger partial charge on any atom is -0.298 e. The van der Waals surface area contributed by atoms with Crippen LogP contribution in [0, 0.1) is 5.92 Å². The highest BCUT2D eigenvalue weighted by Crippen LogP contribution is 2.32. The van der Waals surface area contributed by atoms with E-state index >= 15 is 0 Å². The van der Waals surface area contributed by atoms with Crippen LogP contribution in [0.5, 0.6) is 0 Å². The zero-order valence-corrected chi connectivity index (χ0v) is 15.3. The average Bonchev–Trinajstić information content (AvgIpc) is 2.62. The van der Waals surface area contributed by atoms with Gasteiger partial charge in [0.1, 0.15) is 11.9 Å². The molecule has 1 aliphatic carbocycles. The Morgan fingerprint density at radius 3 is 2.96 bits per heavy atom. The Bertz CT molecular complexity index is 889. The Kier molecular flexibility index (Phi) is 4.37. The highest BCUT2D eigenvalue weighted by molar-refractivity contribution is 8.13. The number of nitrogens with one attached hydrogen (secondary N) is 1. The SMILES string of the molecule is CCSC1=NN2C(=c3ccccc3=NC2C2CC=C(C)CC2)C(=O)N1. The number of para-hydroxylation sites is 1. The first-order valence-corrected chi connectivity index (χ1v) is 9.80. The van der Waals surface area contributed by atoms with Crippen molar-refractivity contribution in [1.82, 2.24) is 10.3 Å². The third-order valence-electron chi connectivity index (χ3n) is 4.93. The third-order valence-corrected chi connectivity index (χ3v) is 5.67. The maximum Gasteiger partial charge on any atom is 0.276 e. The minimum absolute atomic E-state index is 0.0826. The van der Waals surface area contributed by atoms with Gasteiger partial charge in [0.05, 0.1) is 5.36 Å². The number of amides is 1. The van der Waals surface area contributed by atoms with Gasteiger partial charge in [-0.2, -0.15) is 0 Å². The molecule has 1 amide bonds. The number of amidine groups is 1. The Morgan fingerprint density at radius 1 is 1.36 bits per heavy atom. The van der Waals surface area contributed by atoms with Crippen LogP contribution in [0.15, 0.2) is 46.0 Å². The molecule has 2 aliphatic heterocycles. The van der Waals surface area contributed by atoms with Crippen molar-refractivity contribution in [2.45, 2.75) is 39.3 Å². The first-order chi connectivity index (χ1) is 12.2. The fourth-order valence-corrected chi connectivity index (χ4v) is 4.20. The lowest BCUT2D eigenvalue weighted by Crippen LogP contribution is -2.54. The summed E-state index contributed by atoms with van der Waals surface area (Å²) in [5.41, 5.74) is 2.07. The molecule has 0 bridgehead atoms. The van der Waals surface area contributed by atoms with Crippen LogP contribution in [-0.4, -0.2) is 28.0 Å². The molecule has 1 aromatic rings. The molecule has 0 spiro atoms. The Morgan fingerprint density at radius 2 is 2.20 bits per heavy atom. The van der Waals surface area contributed by atoms with Gasteiger partial charge in [-0.25, -0.2) is 5.01 Å². The van der Waals surface area contributed by atoms with Gasteiger partial charge in [0, 0.05) is 11.1 Å². The van der Waals surface area contributed by atoms with E-state index in [1.807, 2.05) is 29.3 Å². The number of carbonyl (C=O) groups excluding carboxylic acids is 1. The Hall–Kier alpha value is -2.08. The van der Waals surface area contributed by atoms with Crippen LogP contribution in [0.2, 0.25) is 0 Å². The Labute approximate surface area is 151 Å². The lowest BCUT2D eigenvalue weighted by molar-refractivity contribution is -0.116. The first-order valence-electron chi connectivity index (χ1n) is 8.82. The summed E-state index contributed by atoms with van der Waals surface area (Å²) in [5, 5.41) is 12.0. The topological polar surface area (TPSA) is 57.1 Å². The summed E-state index contributed by atoms with van der Waals surface area (Å²) in [4.78, 5) is 17.8. The van der Waals surface area contributed by atoms with Gasteiger partial charge in [-0.3, -0.25) is 15.1 Å². The van der Waals surface area contributed by atoms with Crippen molar-refractivity contribution in [3.63, 3.8) is 0 Å². The van der Waals surface area contributed by atoms with Crippen LogP contribution >= 0.6 is 11.8 Å². The number of nitrogens with zero attached hydrogens (tertiary/aromatic N) is 3. The van der Waals surface area contributed by atoms with Gasteiger partial charge < -0.3 is 0 Å². The van der Waals surface area contributed by atoms with E-state index in [4.69, 9.17) is 10.1 Å². The maximum absolute atomic E-state index is 12.8. The van der Waals surface area contributed by atoms with Gasteiger partial charge >= 0.3 is 0 Å². The van der Waals surface area contributed by atoms with Crippen molar-refractivity contribution in [3.05, 3.63) is 46.5 Å². The van der Waals surface area contributed by atoms with Crippen molar-refractivity contribution in [3.8, 4) is 0 Å². The predicted molar refractivity (Wildman–Crippen MR) is 101 cm³/mol. The molecule has 4 rings (SSSR count). The van der Waals surface area contributed by atoms with E-state index in [0.717, 1.165) is 35.6 Å². The molecule has 2 atom stereocenters. The molecule has 2 heterocycles. The predicted octanol–water partition coefficient (Wildman–Crippen LogP) is 1.96. The summed E-state index contributed by atoms with van der Waals surface area (Å²) in [5.74, 6) is 1.15. The first kappa shape index (κ1) is 16.4. The second-order valence-corrected chi connectivity index (χ2v) is 7.88. The summed E-state index contributed by atoms with van der Waals surface area (Å²) in [6, 6.07) is 7.86. The number of hydrogen-bond acceptors (Lipinski definition) is 5. The van der Waals surface area contributed by atoms with E-state index in [9.17, 15) is 4.79 Å². The molecule has 3 aliphatic rings. The molecule has 5 nitrogen and oxygen atoms in total. The van der Waals surface area contributed by atoms with E-state index in [-0.39, 0.29) is 12.1 Å². The number of thioether (sulfide) groups is 1. The average molecular weight is 354 g/mol. The summed E-state index contributed by atoms with van der Waals surface area (Å²) in [6.07, 6.45) is 5.34. The highest BCUT2D eigenvalue weighted by Gasteiger charge is 2.37. The summed E-state index contributed by atoms with van der Waals surface area (Å²) < 4.78 is 0. The van der Waals surface area contributed by atoms with E-state index in [1.165, 1.54) is 5.57 Å². The molecule has 0 radical (unpaired) electrons. The maximum atomic E-state index is 12.8. The van der Waals surface area contributed by atoms with E-state index < -0.39 is 0 Å². The van der Waals surface area contributed by atoms with E-state index in [2.05, 4.69) is 25.2 Å². The molecule has 0 fully saturated rings. The van der Waals surface area contributed by atoms with Crippen molar-refractivity contribution in [1.29, 1.82) is 0 Å². The molecule has 0 saturated carbocycles. The number of hydrogen-bond donors (Lipinski definition) is 1. The van der Waals surface area contributed by atoms with Crippen LogP contribution in [-0.2, 0) is 4.79 Å². The summed E-state index contributed by atoms with van der Waals surface area (Å²) in [6.45, 7) is 4.24. The third kappa shape index (κ3) is 2.99. The molecular formula is C19H22N4OS. The van der Waals surface area contributed by atoms with Gasteiger partial charge in [0.2, 0.25) is 0 Å². The molecular weight excluding hydrogens is 332 g/mol. The molecule has 0 aromatic heterocycles. The lowest BCUT2D eigenvalue weighted by atomic mass is 9.87. The van der Waals surface area contributed by atoms with Crippen LogP contribution < -0.4 is 15.9 Å². The Balaban J connectivity index is 1.84. The van der Waals surface area contributed by atoms with Gasteiger partial charge in [0.15, 0.2) is 5.17 Å². The number of carbonyl (C=O) groups is 1. The fourth-order valence-electron chi connectivity index (χ4n) is 3.62. The van der Waals surface area contributed by atoms with Crippen molar-refractivity contribution >= 4 is 28.5 Å². The molecule has 2 unspecified atom stereocenters. The molecule has 130 valence electrons. The van der Waals surface area contributed by atoms with Crippen LogP contribution in [0.25, 0.3) is 5.70 Å². The normalized spacial score (nSPS) is 25.3. The molecule has 25 heavy (non-hydrogen) atoms. The smallest absolute Gasteiger partial charge is 0.276 e. The largest absolute Gasteiger partial charge is 0.298 e. The summed E-state index contributed by atoms with van der Waals surface area (Å²) >= 11 is 1.55. The zero-order valence-electron chi connectivity index (χ0n) is 14.5. The highest BCUT2D eigenvalue weighted by atomic mass is 32.2.